The van der Waals surface area contributed by atoms with Crippen molar-refractivity contribution in [2.24, 2.45) is 0 Å². The molecule has 150 valence electrons. The lowest BCUT2D eigenvalue weighted by Gasteiger charge is -2.28. The molecule has 7 nitrogen and oxygen atoms in total. The van der Waals surface area contributed by atoms with E-state index in [2.05, 4.69) is 10.6 Å². The Bertz CT molecular complexity index is 973. The van der Waals surface area contributed by atoms with E-state index in [1.54, 1.807) is 0 Å². The predicted octanol–water partition coefficient (Wildman–Crippen LogP) is 2.39. The Kier molecular flexibility index (Phi) is 5.90. The molecular formula is C20H26N4O3S. The second kappa shape index (κ2) is 8.20. The highest BCUT2D eigenvalue weighted by molar-refractivity contribution is 7.88. The summed E-state index contributed by atoms with van der Waals surface area (Å²) in [5.74, 6) is 0. The summed E-state index contributed by atoms with van der Waals surface area (Å²) in [7, 11) is 0.727. The van der Waals surface area contributed by atoms with Crippen molar-refractivity contribution in [2.45, 2.75) is 19.5 Å². The average Bonchev–Trinajstić information content (AvgIpc) is 2.66. The summed E-state index contributed by atoms with van der Waals surface area (Å²) < 4.78 is 25.0. The van der Waals surface area contributed by atoms with Crippen LogP contribution >= 0.6 is 0 Å². The molecule has 2 aromatic rings. The molecule has 0 saturated heterocycles. The lowest BCUT2D eigenvalue weighted by atomic mass is 9.99. The van der Waals surface area contributed by atoms with Gasteiger partial charge in [-0.3, -0.25) is 0 Å². The number of fused-ring (bicyclic) bond motifs is 1. The molecule has 0 saturated carbocycles. The monoisotopic (exact) mass is 402 g/mol. The minimum atomic E-state index is -3.22. The average molecular weight is 403 g/mol. The summed E-state index contributed by atoms with van der Waals surface area (Å²) in [4.78, 5) is 14.4. The van der Waals surface area contributed by atoms with E-state index in [1.165, 1.54) is 10.6 Å². The van der Waals surface area contributed by atoms with Crippen molar-refractivity contribution in [3.05, 3.63) is 59.2 Å². The highest BCUT2D eigenvalue weighted by Crippen LogP contribution is 2.27. The Morgan fingerprint density at radius 1 is 1.18 bits per heavy atom. The highest BCUT2D eigenvalue weighted by Gasteiger charge is 2.24. The Morgan fingerprint density at radius 3 is 2.64 bits per heavy atom. The maximum atomic E-state index is 12.4. The standard InChI is InChI=1S/C20H26N4O3S/c1-23(2)17-8-4-6-15(12-17)13-21-20(25)22-19-9-5-7-16-14-24(28(3,26)27)11-10-18(16)19/h4-9,12H,10-11,13-14H2,1-3H3,(H2,21,22,25). The fourth-order valence-corrected chi connectivity index (χ4v) is 4.07. The van der Waals surface area contributed by atoms with Gasteiger partial charge in [-0.1, -0.05) is 24.3 Å². The molecule has 0 radical (unpaired) electrons. The Labute approximate surface area is 166 Å². The summed E-state index contributed by atoms with van der Waals surface area (Å²) in [6.07, 6.45) is 1.79. The van der Waals surface area contributed by atoms with E-state index in [9.17, 15) is 13.2 Å². The topological polar surface area (TPSA) is 81.8 Å². The van der Waals surface area contributed by atoms with E-state index in [-0.39, 0.29) is 6.03 Å². The van der Waals surface area contributed by atoms with Crippen LogP contribution in [0, 0.1) is 0 Å². The van der Waals surface area contributed by atoms with Gasteiger partial charge in [-0.2, -0.15) is 4.31 Å². The number of rotatable bonds is 5. The molecule has 0 atom stereocenters. The van der Waals surface area contributed by atoms with E-state index in [0.29, 0.717) is 26.1 Å². The van der Waals surface area contributed by atoms with Gasteiger partial charge in [0.15, 0.2) is 0 Å². The molecule has 1 aliphatic heterocycles. The van der Waals surface area contributed by atoms with Gasteiger partial charge in [-0.15, -0.1) is 0 Å². The first-order valence-corrected chi connectivity index (χ1v) is 11.0. The summed E-state index contributed by atoms with van der Waals surface area (Å²) >= 11 is 0. The minimum Gasteiger partial charge on any atom is -0.378 e. The lowest BCUT2D eigenvalue weighted by molar-refractivity contribution is 0.251. The van der Waals surface area contributed by atoms with Gasteiger partial charge < -0.3 is 15.5 Å². The third-order valence-corrected chi connectivity index (χ3v) is 6.08. The van der Waals surface area contributed by atoms with Crippen LogP contribution in [0.1, 0.15) is 16.7 Å². The van der Waals surface area contributed by atoms with Gasteiger partial charge in [0.1, 0.15) is 0 Å². The van der Waals surface area contributed by atoms with Crippen LogP contribution in [0.4, 0.5) is 16.2 Å². The van der Waals surface area contributed by atoms with Gasteiger partial charge in [0.2, 0.25) is 10.0 Å². The number of amides is 2. The fourth-order valence-electron chi connectivity index (χ4n) is 3.28. The van der Waals surface area contributed by atoms with Crippen LogP contribution in [-0.2, 0) is 29.5 Å². The number of carbonyl (C=O) groups is 1. The van der Waals surface area contributed by atoms with E-state index in [4.69, 9.17) is 0 Å². The van der Waals surface area contributed by atoms with Crippen LogP contribution in [-0.4, -0.2) is 45.6 Å². The molecule has 1 aliphatic rings. The Morgan fingerprint density at radius 2 is 1.93 bits per heavy atom. The molecular weight excluding hydrogens is 376 g/mol. The summed E-state index contributed by atoms with van der Waals surface area (Å²) in [5, 5.41) is 5.78. The smallest absolute Gasteiger partial charge is 0.319 e. The maximum absolute atomic E-state index is 12.4. The number of sulfonamides is 1. The van der Waals surface area contributed by atoms with Crippen molar-refractivity contribution in [1.29, 1.82) is 0 Å². The largest absolute Gasteiger partial charge is 0.378 e. The van der Waals surface area contributed by atoms with Crippen LogP contribution in [0.2, 0.25) is 0 Å². The van der Waals surface area contributed by atoms with Gasteiger partial charge in [-0.25, -0.2) is 13.2 Å². The quantitative estimate of drug-likeness (QED) is 0.805. The van der Waals surface area contributed by atoms with E-state index >= 15 is 0 Å². The molecule has 28 heavy (non-hydrogen) atoms. The first kappa shape index (κ1) is 20.2. The molecule has 0 aliphatic carbocycles. The third kappa shape index (κ3) is 4.82. The molecule has 8 heteroatoms. The summed E-state index contributed by atoms with van der Waals surface area (Å²) in [6.45, 7) is 1.18. The summed E-state index contributed by atoms with van der Waals surface area (Å²) in [6, 6.07) is 13.3. The highest BCUT2D eigenvalue weighted by atomic mass is 32.2. The van der Waals surface area contributed by atoms with Crippen LogP contribution < -0.4 is 15.5 Å². The molecule has 0 unspecified atom stereocenters. The second-order valence-corrected chi connectivity index (χ2v) is 9.14. The molecule has 0 spiro atoms. The third-order valence-electron chi connectivity index (χ3n) is 4.83. The van der Waals surface area contributed by atoms with Crippen molar-refractivity contribution >= 4 is 27.4 Å². The summed E-state index contributed by atoms with van der Waals surface area (Å²) in [5.41, 5.74) is 4.73. The first-order chi connectivity index (χ1) is 13.2. The second-order valence-electron chi connectivity index (χ2n) is 7.16. The van der Waals surface area contributed by atoms with Crippen LogP contribution in [0.15, 0.2) is 42.5 Å². The lowest BCUT2D eigenvalue weighted by Crippen LogP contribution is -2.36. The van der Waals surface area contributed by atoms with Crippen molar-refractivity contribution < 1.29 is 13.2 Å². The van der Waals surface area contributed by atoms with E-state index < -0.39 is 10.0 Å². The van der Waals surface area contributed by atoms with Gasteiger partial charge >= 0.3 is 6.03 Å². The minimum absolute atomic E-state index is 0.283. The maximum Gasteiger partial charge on any atom is 0.319 e. The normalized spacial score (nSPS) is 14.2. The van der Waals surface area contributed by atoms with E-state index in [0.717, 1.165) is 28.1 Å². The molecule has 2 aromatic carbocycles. The molecule has 2 N–H and O–H groups in total. The van der Waals surface area contributed by atoms with Gasteiger partial charge in [0.05, 0.1) is 6.26 Å². The Balaban J connectivity index is 1.65. The van der Waals surface area contributed by atoms with Gasteiger partial charge in [-0.05, 0) is 41.3 Å². The van der Waals surface area contributed by atoms with Crippen LogP contribution in [0.25, 0.3) is 0 Å². The number of urea groups is 1. The van der Waals surface area contributed by atoms with E-state index in [1.807, 2.05) is 61.5 Å². The van der Waals surface area contributed by atoms with Gasteiger partial charge in [0, 0.05) is 45.1 Å². The van der Waals surface area contributed by atoms with Gasteiger partial charge in [0.25, 0.3) is 0 Å². The number of carbonyl (C=O) groups excluding carboxylic acids is 1. The molecule has 3 rings (SSSR count). The fraction of sp³-hybridized carbons (Fsp3) is 0.350. The predicted molar refractivity (Wildman–Crippen MR) is 112 cm³/mol. The zero-order chi connectivity index (χ0) is 20.3. The number of nitrogens with one attached hydrogen (secondary N) is 2. The molecule has 0 fully saturated rings. The van der Waals surface area contributed by atoms with Crippen molar-refractivity contribution in [2.75, 3.05) is 37.1 Å². The molecule has 1 heterocycles. The molecule has 2 amide bonds. The number of hydrogen-bond donors (Lipinski definition) is 2. The molecule has 0 bridgehead atoms. The number of anilines is 2. The first-order valence-electron chi connectivity index (χ1n) is 9.11. The number of nitrogens with zero attached hydrogens (tertiary/aromatic N) is 2. The zero-order valence-electron chi connectivity index (χ0n) is 16.4. The zero-order valence-corrected chi connectivity index (χ0v) is 17.2. The van der Waals surface area contributed by atoms with Crippen molar-refractivity contribution in [3.63, 3.8) is 0 Å². The molecule has 0 aromatic heterocycles. The Hall–Kier alpha value is -2.58. The van der Waals surface area contributed by atoms with Crippen LogP contribution in [0.3, 0.4) is 0 Å². The number of benzene rings is 2. The number of hydrogen-bond acceptors (Lipinski definition) is 4. The SMILES string of the molecule is CN(C)c1cccc(CNC(=O)Nc2cccc3c2CCN(S(C)(=O)=O)C3)c1. The van der Waals surface area contributed by atoms with Crippen molar-refractivity contribution in [3.8, 4) is 0 Å². The van der Waals surface area contributed by atoms with Crippen LogP contribution in [0.5, 0.6) is 0 Å². The van der Waals surface area contributed by atoms with Crippen molar-refractivity contribution in [1.82, 2.24) is 9.62 Å².